The van der Waals surface area contributed by atoms with E-state index in [4.69, 9.17) is 4.74 Å². The lowest BCUT2D eigenvalue weighted by Gasteiger charge is -2.23. The van der Waals surface area contributed by atoms with Crippen LogP contribution in [0.25, 0.3) is 0 Å². The molecule has 7 heteroatoms. The maximum absolute atomic E-state index is 14.3. The van der Waals surface area contributed by atoms with Crippen molar-refractivity contribution in [3.63, 3.8) is 0 Å². The van der Waals surface area contributed by atoms with Gasteiger partial charge in [-0.25, -0.2) is 4.39 Å². The zero-order chi connectivity index (χ0) is 21.3. The molecule has 0 spiro atoms. The Bertz CT molecular complexity index is 730. The van der Waals surface area contributed by atoms with Gasteiger partial charge in [0.05, 0.1) is 12.6 Å². The Hall–Kier alpha value is -2.31. The molecule has 2 fully saturated rings. The molecular weight excluding hydrogens is 383 g/mol. The molecule has 0 radical (unpaired) electrons. The molecule has 2 aliphatic rings. The van der Waals surface area contributed by atoms with Gasteiger partial charge >= 0.3 is 0 Å². The van der Waals surface area contributed by atoms with Crippen LogP contribution in [0.15, 0.2) is 23.2 Å². The number of nitrogens with one attached hydrogen (secondary N) is 3. The van der Waals surface area contributed by atoms with E-state index in [9.17, 15) is 9.18 Å². The molecule has 2 saturated carbocycles. The largest absolute Gasteiger partial charge is 0.490 e. The minimum absolute atomic E-state index is 0.0711. The van der Waals surface area contributed by atoms with Gasteiger partial charge in [-0.3, -0.25) is 9.79 Å². The summed E-state index contributed by atoms with van der Waals surface area (Å²) in [4.78, 5) is 16.3. The first-order valence-corrected chi connectivity index (χ1v) is 11.2. The fraction of sp³-hybridized carbons (Fsp3) is 0.652. The number of halogens is 1. The van der Waals surface area contributed by atoms with Gasteiger partial charge in [-0.2, -0.15) is 0 Å². The van der Waals surface area contributed by atoms with Crippen LogP contribution < -0.4 is 20.7 Å². The van der Waals surface area contributed by atoms with Gasteiger partial charge in [0.15, 0.2) is 17.5 Å². The van der Waals surface area contributed by atoms with Crippen molar-refractivity contribution in [3.05, 3.63) is 29.6 Å². The maximum Gasteiger partial charge on any atom is 0.221 e. The summed E-state index contributed by atoms with van der Waals surface area (Å²) < 4.78 is 19.9. The Labute approximate surface area is 179 Å². The third-order valence-corrected chi connectivity index (χ3v) is 5.82. The molecule has 1 atom stereocenters. The number of carbonyl (C=O) groups is 1. The van der Waals surface area contributed by atoms with Crippen LogP contribution in [-0.4, -0.2) is 38.1 Å². The van der Waals surface area contributed by atoms with E-state index in [1.165, 1.54) is 38.2 Å². The molecule has 0 aliphatic heterocycles. The van der Waals surface area contributed by atoms with Crippen molar-refractivity contribution in [3.8, 4) is 5.75 Å². The van der Waals surface area contributed by atoms with Crippen molar-refractivity contribution in [2.45, 2.75) is 70.4 Å². The van der Waals surface area contributed by atoms with Gasteiger partial charge in [0, 0.05) is 26.1 Å². The van der Waals surface area contributed by atoms with Crippen LogP contribution in [0.3, 0.4) is 0 Å². The van der Waals surface area contributed by atoms with Crippen molar-refractivity contribution in [2.24, 2.45) is 10.9 Å². The predicted octanol–water partition coefficient (Wildman–Crippen LogP) is 3.68. The van der Waals surface area contributed by atoms with Gasteiger partial charge in [0.2, 0.25) is 5.91 Å². The second-order valence-electron chi connectivity index (χ2n) is 8.46. The quantitative estimate of drug-likeness (QED) is 0.422. The number of benzene rings is 1. The Morgan fingerprint density at radius 1 is 1.23 bits per heavy atom. The normalized spacial score (nSPS) is 18.6. The fourth-order valence-electron chi connectivity index (χ4n) is 3.72. The molecule has 0 aromatic heterocycles. The average molecular weight is 419 g/mol. The number of hydrogen-bond donors (Lipinski definition) is 3. The number of aliphatic imine (C=N–C) groups is 1. The van der Waals surface area contributed by atoms with Crippen molar-refractivity contribution in [1.82, 2.24) is 16.0 Å². The van der Waals surface area contributed by atoms with Crippen LogP contribution in [-0.2, 0) is 4.79 Å². The first-order valence-electron chi connectivity index (χ1n) is 11.2. The van der Waals surface area contributed by atoms with Crippen molar-refractivity contribution >= 4 is 11.9 Å². The molecule has 6 nitrogen and oxygen atoms in total. The Kier molecular flexibility index (Phi) is 8.34. The van der Waals surface area contributed by atoms with E-state index in [1.54, 1.807) is 13.1 Å². The van der Waals surface area contributed by atoms with Crippen molar-refractivity contribution in [1.29, 1.82) is 0 Å². The second kappa shape index (κ2) is 11.2. The molecule has 30 heavy (non-hydrogen) atoms. The average Bonchev–Trinajstić information content (AvgIpc) is 3.57. The zero-order valence-corrected chi connectivity index (χ0v) is 18.2. The topological polar surface area (TPSA) is 74.8 Å². The number of rotatable bonds is 9. The van der Waals surface area contributed by atoms with E-state index in [2.05, 4.69) is 20.9 Å². The smallest absolute Gasteiger partial charge is 0.221 e. The van der Waals surface area contributed by atoms with Crippen molar-refractivity contribution < 1.29 is 13.9 Å². The minimum Gasteiger partial charge on any atom is -0.490 e. The van der Waals surface area contributed by atoms with E-state index in [0.717, 1.165) is 18.4 Å². The lowest BCUT2D eigenvalue weighted by Crippen LogP contribution is -2.42. The van der Waals surface area contributed by atoms with Crippen LogP contribution in [0.1, 0.15) is 69.9 Å². The minimum atomic E-state index is -0.343. The Balaban J connectivity index is 1.40. The SMILES string of the molecule is CN=C(NCCC(=O)NC1CCCCC1)NC(C)c1ccc(OCC2CC2)c(F)c1. The number of ether oxygens (including phenoxy) is 1. The summed E-state index contributed by atoms with van der Waals surface area (Å²) in [5.74, 6) is 1.21. The standard InChI is InChI=1S/C23H35FN4O2/c1-16(18-10-11-21(20(24)14-18)30-15-17-8-9-17)27-23(25-2)26-13-12-22(29)28-19-6-4-3-5-7-19/h10-11,14,16-17,19H,3-9,12-13,15H2,1-2H3,(H,28,29)(H2,25,26,27). The van der Waals surface area contributed by atoms with E-state index in [0.29, 0.717) is 43.2 Å². The van der Waals surface area contributed by atoms with E-state index in [1.807, 2.05) is 13.0 Å². The fourth-order valence-corrected chi connectivity index (χ4v) is 3.72. The molecule has 1 unspecified atom stereocenters. The lowest BCUT2D eigenvalue weighted by molar-refractivity contribution is -0.121. The second-order valence-corrected chi connectivity index (χ2v) is 8.46. The number of carbonyl (C=O) groups excluding carboxylic acids is 1. The summed E-state index contributed by atoms with van der Waals surface area (Å²) >= 11 is 0. The first kappa shape index (κ1) is 22.4. The molecule has 3 N–H and O–H groups in total. The van der Waals surface area contributed by atoms with E-state index < -0.39 is 0 Å². The van der Waals surface area contributed by atoms with Crippen LogP contribution >= 0.6 is 0 Å². The molecule has 166 valence electrons. The monoisotopic (exact) mass is 418 g/mol. The molecule has 1 aromatic carbocycles. The lowest BCUT2D eigenvalue weighted by atomic mass is 9.95. The van der Waals surface area contributed by atoms with E-state index >= 15 is 0 Å². The highest BCUT2D eigenvalue weighted by Gasteiger charge is 2.22. The van der Waals surface area contributed by atoms with Crippen LogP contribution in [0, 0.1) is 11.7 Å². The maximum atomic E-state index is 14.3. The molecule has 3 rings (SSSR count). The Morgan fingerprint density at radius 3 is 2.67 bits per heavy atom. The molecule has 2 aliphatic carbocycles. The molecular formula is C23H35FN4O2. The highest BCUT2D eigenvalue weighted by molar-refractivity contribution is 5.81. The summed E-state index contributed by atoms with van der Waals surface area (Å²) in [5, 5.41) is 9.53. The molecule has 0 bridgehead atoms. The van der Waals surface area contributed by atoms with Gasteiger partial charge in [-0.1, -0.05) is 25.3 Å². The van der Waals surface area contributed by atoms with Crippen LogP contribution in [0.4, 0.5) is 4.39 Å². The predicted molar refractivity (Wildman–Crippen MR) is 117 cm³/mol. The third kappa shape index (κ3) is 7.18. The van der Waals surface area contributed by atoms with Crippen LogP contribution in [0.2, 0.25) is 0 Å². The summed E-state index contributed by atoms with van der Waals surface area (Å²) in [6, 6.07) is 5.25. The summed E-state index contributed by atoms with van der Waals surface area (Å²) in [5.41, 5.74) is 0.810. The van der Waals surface area contributed by atoms with Gasteiger partial charge in [-0.15, -0.1) is 0 Å². The van der Waals surface area contributed by atoms with Gasteiger partial charge in [0.25, 0.3) is 0 Å². The highest BCUT2D eigenvalue weighted by atomic mass is 19.1. The van der Waals surface area contributed by atoms with Crippen molar-refractivity contribution in [2.75, 3.05) is 20.2 Å². The molecule has 1 amide bonds. The molecule has 0 heterocycles. The number of guanidine groups is 1. The first-order chi connectivity index (χ1) is 14.5. The third-order valence-electron chi connectivity index (χ3n) is 5.82. The van der Waals surface area contributed by atoms with Crippen LogP contribution in [0.5, 0.6) is 5.75 Å². The number of hydrogen-bond acceptors (Lipinski definition) is 3. The summed E-state index contributed by atoms with van der Waals surface area (Å²) in [6.45, 7) is 3.03. The summed E-state index contributed by atoms with van der Waals surface area (Å²) in [7, 11) is 1.68. The summed E-state index contributed by atoms with van der Waals surface area (Å²) in [6.07, 6.45) is 8.59. The Morgan fingerprint density at radius 2 is 2.00 bits per heavy atom. The highest BCUT2D eigenvalue weighted by Crippen LogP contribution is 2.30. The van der Waals surface area contributed by atoms with Gasteiger partial charge in [0.1, 0.15) is 0 Å². The van der Waals surface area contributed by atoms with Gasteiger partial charge < -0.3 is 20.7 Å². The number of nitrogens with zero attached hydrogens (tertiary/aromatic N) is 1. The zero-order valence-electron chi connectivity index (χ0n) is 18.2. The van der Waals surface area contributed by atoms with E-state index in [-0.39, 0.29) is 17.8 Å². The van der Waals surface area contributed by atoms with Gasteiger partial charge in [-0.05, 0) is 56.2 Å². The number of amides is 1. The molecule has 0 saturated heterocycles. The molecule has 1 aromatic rings.